The standard InChI is InChI=1S/C14H21N5S/c1-2-15-12-10-19-6-5-16-14(19)13(18-12)17-9-11-3-7-20-8-4-11/h5-6,10-11,15H,2-4,7-9H2,1H3,(H,17,18). The fraction of sp³-hybridized carbons (Fsp3) is 0.571. The third kappa shape index (κ3) is 3.00. The number of anilines is 2. The van der Waals surface area contributed by atoms with Crippen molar-refractivity contribution < 1.29 is 0 Å². The van der Waals surface area contributed by atoms with Gasteiger partial charge in [-0.1, -0.05) is 0 Å². The highest BCUT2D eigenvalue weighted by Gasteiger charge is 2.15. The van der Waals surface area contributed by atoms with Gasteiger partial charge in [-0.25, -0.2) is 9.97 Å². The van der Waals surface area contributed by atoms with Crippen LogP contribution >= 0.6 is 11.8 Å². The summed E-state index contributed by atoms with van der Waals surface area (Å²) < 4.78 is 2.02. The minimum absolute atomic E-state index is 0.760. The molecule has 6 heteroatoms. The summed E-state index contributed by atoms with van der Waals surface area (Å²) in [6.45, 7) is 3.94. The van der Waals surface area contributed by atoms with Gasteiger partial charge in [0.25, 0.3) is 0 Å². The molecule has 0 radical (unpaired) electrons. The largest absolute Gasteiger partial charge is 0.369 e. The van der Waals surface area contributed by atoms with E-state index in [1.54, 1.807) is 0 Å². The van der Waals surface area contributed by atoms with Gasteiger partial charge in [-0.15, -0.1) is 0 Å². The first-order valence-electron chi connectivity index (χ1n) is 7.26. The average molecular weight is 291 g/mol. The summed E-state index contributed by atoms with van der Waals surface area (Å²) in [6, 6.07) is 0. The Hall–Kier alpha value is -1.43. The molecule has 1 fully saturated rings. The van der Waals surface area contributed by atoms with Crippen LogP contribution in [0.5, 0.6) is 0 Å². The Balaban J connectivity index is 1.76. The van der Waals surface area contributed by atoms with Gasteiger partial charge in [0.1, 0.15) is 5.82 Å². The van der Waals surface area contributed by atoms with Crippen molar-refractivity contribution in [3.05, 3.63) is 18.6 Å². The van der Waals surface area contributed by atoms with Gasteiger partial charge in [0.2, 0.25) is 0 Å². The monoisotopic (exact) mass is 291 g/mol. The first-order valence-corrected chi connectivity index (χ1v) is 8.41. The summed E-state index contributed by atoms with van der Waals surface area (Å²) in [7, 11) is 0. The van der Waals surface area contributed by atoms with Gasteiger partial charge in [0.05, 0.1) is 6.20 Å². The zero-order valence-corrected chi connectivity index (χ0v) is 12.6. The summed E-state index contributed by atoms with van der Waals surface area (Å²) >= 11 is 2.06. The fourth-order valence-electron chi connectivity index (χ4n) is 2.51. The molecule has 0 bridgehead atoms. The summed E-state index contributed by atoms with van der Waals surface area (Å²) in [4.78, 5) is 9.03. The molecule has 3 heterocycles. The van der Waals surface area contributed by atoms with Crippen molar-refractivity contribution in [2.45, 2.75) is 19.8 Å². The predicted molar refractivity (Wildman–Crippen MR) is 85.7 cm³/mol. The lowest BCUT2D eigenvalue weighted by Gasteiger charge is -2.22. The SMILES string of the molecule is CCNc1cn2ccnc2c(NCC2CCSCC2)n1. The molecule has 20 heavy (non-hydrogen) atoms. The molecule has 2 aromatic rings. The number of rotatable bonds is 5. The number of fused-ring (bicyclic) bond motifs is 1. The molecular weight excluding hydrogens is 270 g/mol. The average Bonchev–Trinajstić information content (AvgIpc) is 2.95. The van der Waals surface area contributed by atoms with E-state index in [9.17, 15) is 0 Å². The smallest absolute Gasteiger partial charge is 0.180 e. The summed E-state index contributed by atoms with van der Waals surface area (Å²) in [5.74, 6) is 5.11. The molecule has 0 unspecified atom stereocenters. The molecular formula is C14H21N5S. The molecule has 3 rings (SSSR count). The summed E-state index contributed by atoms with van der Waals surface area (Å²) in [6.07, 6.45) is 8.36. The zero-order chi connectivity index (χ0) is 13.8. The second-order valence-electron chi connectivity index (χ2n) is 5.10. The number of thioether (sulfide) groups is 1. The number of aromatic nitrogens is 3. The van der Waals surface area contributed by atoms with Crippen molar-refractivity contribution in [3.8, 4) is 0 Å². The maximum absolute atomic E-state index is 4.64. The third-order valence-corrected chi connectivity index (χ3v) is 4.68. The number of hydrogen-bond acceptors (Lipinski definition) is 5. The van der Waals surface area contributed by atoms with Crippen LogP contribution in [0.3, 0.4) is 0 Å². The maximum atomic E-state index is 4.64. The Morgan fingerprint density at radius 1 is 1.35 bits per heavy atom. The van der Waals surface area contributed by atoms with Crippen molar-refractivity contribution in [2.24, 2.45) is 5.92 Å². The molecule has 0 atom stereocenters. The maximum Gasteiger partial charge on any atom is 0.180 e. The van der Waals surface area contributed by atoms with E-state index in [1.807, 2.05) is 23.0 Å². The van der Waals surface area contributed by atoms with Crippen LogP contribution in [0.4, 0.5) is 11.6 Å². The molecule has 5 nitrogen and oxygen atoms in total. The fourth-order valence-corrected chi connectivity index (χ4v) is 3.71. The topological polar surface area (TPSA) is 54.2 Å². The van der Waals surface area contributed by atoms with E-state index >= 15 is 0 Å². The minimum Gasteiger partial charge on any atom is -0.369 e. The van der Waals surface area contributed by atoms with E-state index < -0.39 is 0 Å². The van der Waals surface area contributed by atoms with Crippen LogP contribution < -0.4 is 10.6 Å². The van der Waals surface area contributed by atoms with Crippen molar-refractivity contribution in [1.29, 1.82) is 0 Å². The molecule has 1 saturated heterocycles. The van der Waals surface area contributed by atoms with Crippen molar-refractivity contribution in [3.63, 3.8) is 0 Å². The second-order valence-corrected chi connectivity index (χ2v) is 6.32. The Morgan fingerprint density at radius 2 is 2.20 bits per heavy atom. The predicted octanol–water partition coefficient (Wildman–Crippen LogP) is 2.72. The Morgan fingerprint density at radius 3 is 3.00 bits per heavy atom. The van der Waals surface area contributed by atoms with Gasteiger partial charge in [0, 0.05) is 25.5 Å². The van der Waals surface area contributed by atoms with Crippen LogP contribution in [0.15, 0.2) is 18.6 Å². The van der Waals surface area contributed by atoms with E-state index in [4.69, 9.17) is 0 Å². The molecule has 0 aliphatic carbocycles. The van der Waals surface area contributed by atoms with Gasteiger partial charge in [-0.2, -0.15) is 11.8 Å². The second kappa shape index (κ2) is 6.35. The lowest BCUT2D eigenvalue weighted by molar-refractivity contribution is 0.515. The Labute approximate surface area is 123 Å². The molecule has 0 saturated carbocycles. The molecule has 0 spiro atoms. The van der Waals surface area contributed by atoms with Crippen LogP contribution in [0.1, 0.15) is 19.8 Å². The quantitative estimate of drug-likeness (QED) is 0.887. The van der Waals surface area contributed by atoms with Gasteiger partial charge < -0.3 is 15.0 Å². The lowest BCUT2D eigenvalue weighted by Crippen LogP contribution is -2.20. The summed E-state index contributed by atoms with van der Waals surface area (Å²) in [5.41, 5.74) is 0.900. The normalized spacial score (nSPS) is 16.4. The van der Waals surface area contributed by atoms with Gasteiger partial charge in [-0.05, 0) is 37.2 Å². The Kier molecular flexibility index (Phi) is 4.30. The van der Waals surface area contributed by atoms with E-state index in [1.165, 1.54) is 24.3 Å². The molecule has 2 aromatic heterocycles. The molecule has 0 amide bonds. The van der Waals surface area contributed by atoms with Gasteiger partial charge in [0.15, 0.2) is 11.5 Å². The summed E-state index contributed by atoms with van der Waals surface area (Å²) in [5, 5.41) is 6.76. The van der Waals surface area contributed by atoms with Gasteiger partial charge in [-0.3, -0.25) is 0 Å². The van der Waals surface area contributed by atoms with Crippen LogP contribution in [-0.2, 0) is 0 Å². The van der Waals surface area contributed by atoms with Crippen LogP contribution in [0.2, 0.25) is 0 Å². The molecule has 2 N–H and O–H groups in total. The first-order chi connectivity index (χ1) is 9.86. The number of nitrogens with zero attached hydrogens (tertiary/aromatic N) is 3. The molecule has 0 aromatic carbocycles. The third-order valence-electron chi connectivity index (χ3n) is 3.63. The van der Waals surface area contributed by atoms with Crippen molar-refractivity contribution in [1.82, 2.24) is 14.4 Å². The molecule has 1 aliphatic heterocycles. The van der Waals surface area contributed by atoms with Crippen LogP contribution in [-0.4, -0.2) is 39.0 Å². The van der Waals surface area contributed by atoms with E-state index in [2.05, 4.69) is 39.3 Å². The zero-order valence-electron chi connectivity index (χ0n) is 11.8. The Bertz CT molecular complexity index is 562. The first kappa shape index (κ1) is 13.5. The highest BCUT2D eigenvalue weighted by atomic mass is 32.2. The lowest BCUT2D eigenvalue weighted by atomic mass is 10.0. The number of imidazole rings is 1. The van der Waals surface area contributed by atoms with Crippen LogP contribution in [0, 0.1) is 5.92 Å². The number of hydrogen-bond donors (Lipinski definition) is 2. The van der Waals surface area contributed by atoms with Crippen molar-refractivity contribution >= 4 is 29.0 Å². The van der Waals surface area contributed by atoms with Crippen molar-refractivity contribution in [2.75, 3.05) is 35.2 Å². The minimum atomic E-state index is 0.760. The van der Waals surface area contributed by atoms with E-state index in [-0.39, 0.29) is 0 Å². The molecule has 1 aliphatic rings. The highest BCUT2D eigenvalue weighted by Crippen LogP contribution is 2.24. The van der Waals surface area contributed by atoms with Crippen LogP contribution in [0.25, 0.3) is 5.65 Å². The highest BCUT2D eigenvalue weighted by molar-refractivity contribution is 7.99. The molecule has 108 valence electrons. The number of nitrogens with one attached hydrogen (secondary N) is 2. The van der Waals surface area contributed by atoms with E-state index in [0.717, 1.165) is 36.3 Å². The van der Waals surface area contributed by atoms with E-state index in [0.29, 0.717) is 0 Å². The van der Waals surface area contributed by atoms with Gasteiger partial charge >= 0.3 is 0 Å².